The number of methoxy groups -OCH3 is 1. The summed E-state index contributed by atoms with van der Waals surface area (Å²) in [4.78, 5) is 26.3. The van der Waals surface area contributed by atoms with Gasteiger partial charge in [-0.25, -0.2) is 4.79 Å². The van der Waals surface area contributed by atoms with Crippen molar-refractivity contribution in [3.05, 3.63) is 59.7 Å². The van der Waals surface area contributed by atoms with Gasteiger partial charge in [0.2, 0.25) is 5.91 Å². The van der Waals surface area contributed by atoms with Crippen LogP contribution in [-0.4, -0.2) is 43.6 Å². The second-order valence-corrected chi connectivity index (χ2v) is 6.67. The van der Waals surface area contributed by atoms with E-state index in [0.717, 1.165) is 11.1 Å². The summed E-state index contributed by atoms with van der Waals surface area (Å²) in [6.07, 6.45) is 0. The first kappa shape index (κ1) is 22.2. The van der Waals surface area contributed by atoms with Crippen LogP contribution in [0.5, 0.6) is 11.5 Å². The Morgan fingerprint density at radius 2 is 1.79 bits per heavy atom. The molecule has 0 heterocycles. The lowest BCUT2D eigenvalue weighted by atomic mass is 10.1. The second-order valence-electron chi connectivity index (χ2n) is 6.67. The maximum atomic E-state index is 12.4. The van der Waals surface area contributed by atoms with Gasteiger partial charge in [0, 0.05) is 13.1 Å². The van der Waals surface area contributed by atoms with E-state index in [1.54, 1.807) is 14.0 Å². The number of imide groups is 1. The van der Waals surface area contributed by atoms with Gasteiger partial charge in [-0.2, -0.15) is 0 Å². The molecule has 3 amide bonds. The molecule has 0 aliphatic heterocycles. The van der Waals surface area contributed by atoms with Gasteiger partial charge in [0.05, 0.1) is 19.8 Å². The molecule has 7 heteroatoms. The summed E-state index contributed by atoms with van der Waals surface area (Å²) in [7, 11) is 3.42. The fourth-order valence-electron chi connectivity index (χ4n) is 2.75. The van der Waals surface area contributed by atoms with E-state index in [2.05, 4.69) is 10.6 Å². The minimum Gasteiger partial charge on any atom is -0.493 e. The molecule has 0 aromatic heterocycles. The van der Waals surface area contributed by atoms with Crippen LogP contribution in [0.3, 0.4) is 0 Å². The van der Waals surface area contributed by atoms with Crippen LogP contribution in [0, 0.1) is 0 Å². The summed E-state index contributed by atoms with van der Waals surface area (Å²) in [5.41, 5.74) is 1.94. The minimum absolute atomic E-state index is 0.357. The van der Waals surface area contributed by atoms with Gasteiger partial charge >= 0.3 is 6.03 Å². The van der Waals surface area contributed by atoms with E-state index in [0.29, 0.717) is 31.2 Å². The molecule has 29 heavy (non-hydrogen) atoms. The van der Waals surface area contributed by atoms with E-state index in [-0.39, 0.29) is 5.91 Å². The second kappa shape index (κ2) is 11.1. The van der Waals surface area contributed by atoms with Crippen molar-refractivity contribution in [1.29, 1.82) is 0 Å². The Labute approximate surface area is 172 Å². The Morgan fingerprint density at radius 3 is 2.45 bits per heavy atom. The largest absolute Gasteiger partial charge is 0.493 e. The third-order valence-corrected chi connectivity index (χ3v) is 4.53. The lowest BCUT2D eigenvalue weighted by molar-refractivity contribution is -0.124. The highest BCUT2D eigenvalue weighted by Gasteiger charge is 2.20. The van der Waals surface area contributed by atoms with Gasteiger partial charge in [0.25, 0.3) is 0 Å². The highest BCUT2D eigenvalue weighted by atomic mass is 16.5. The monoisotopic (exact) mass is 399 g/mol. The topological polar surface area (TPSA) is 79.9 Å². The summed E-state index contributed by atoms with van der Waals surface area (Å²) in [5, 5.41) is 5.08. The fourth-order valence-corrected chi connectivity index (χ4v) is 2.75. The van der Waals surface area contributed by atoms with Crippen molar-refractivity contribution in [3.63, 3.8) is 0 Å². The van der Waals surface area contributed by atoms with E-state index in [1.807, 2.05) is 67.4 Å². The highest BCUT2D eigenvalue weighted by Crippen LogP contribution is 2.28. The average Bonchev–Trinajstić information content (AvgIpc) is 2.73. The Kier molecular flexibility index (Phi) is 8.48. The number of urea groups is 1. The van der Waals surface area contributed by atoms with Crippen molar-refractivity contribution in [2.24, 2.45) is 0 Å². The van der Waals surface area contributed by atoms with Gasteiger partial charge in [0.15, 0.2) is 11.5 Å². The molecule has 0 saturated heterocycles. The molecule has 0 saturated carbocycles. The SMILES string of the molecule is CCOc1ccc(CN(C)[C@H](C)C(=O)NC(=O)NCc2ccccc2)cc1OC. The molecule has 0 fully saturated rings. The third-order valence-electron chi connectivity index (χ3n) is 4.53. The van der Waals surface area contributed by atoms with Crippen LogP contribution in [0.15, 0.2) is 48.5 Å². The van der Waals surface area contributed by atoms with Crippen LogP contribution in [0.25, 0.3) is 0 Å². The maximum Gasteiger partial charge on any atom is 0.321 e. The molecule has 2 aromatic rings. The Balaban J connectivity index is 1.87. The molecule has 0 spiro atoms. The zero-order chi connectivity index (χ0) is 21.2. The molecule has 2 N–H and O–H groups in total. The summed E-state index contributed by atoms with van der Waals surface area (Å²) in [6, 6.07) is 14.2. The van der Waals surface area contributed by atoms with Crippen molar-refractivity contribution in [3.8, 4) is 11.5 Å². The molecule has 0 radical (unpaired) electrons. The van der Waals surface area contributed by atoms with Gasteiger partial charge in [-0.15, -0.1) is 0 Å². The number of amides is 3. The molecule has 7 nitrogen and oxygen atoms in total. The van der Waals surface area contributed by atoms with Crippen LogP contribution < -0.4 is 20.1 Å². The molecule has 2 rings (SSSR count). The van der Waals surface area contributed by atoms with E-state index in [4.69, 9.17) is 9.47 Å². The van der Waals surface area contributed by atoms with Gasteiger partial charge in [0.1, 0.15) is 0 Å². The number of rotatable bonds is 9. The quantitative estimate of drug-likeness (QED) is 0.678. The number of benzene rings is 2. The lowest BCUT2D eigenvalue weighted by Gasteiger charge is -2.24. The Bertz CT molecular complexity index is 811. The number of hydrogen-bond acceptors (Lipinski definition) is 5. The van der Waals surface area contributed by atoms with Crippen molar-refractivity contribution in [2.75, 3.05) is 20.8 Å². The Hall–Kier alpha value is -3.06. The first-order valence-corrected chi connectivity index (χ1v) is 9.57. The number of carbonyl (C=O) groups excluding carboxylic acids is 2. The number of carbonyl (C=O) groups is 2. The fraction of sp³-hybridized carbons (Fsp3) is 0.364. The van der Waals surface area contributed by atoms with Crippen LogP contribution in [0.2, 0.25) is 0 Å². The average molecular weight is 399 g/mol. The van der Waals surface area contributed by atoms with Crippen molar-refractivity contribution < 1.29 is 19.1 Å². The molecular formula is C22H29N3O4. The molecule has 1 atom stereocenters. The van der Waals surface area contributed by atoms with Crippen LogP contribution in [0.4, 0.5) is 4.79 Å². The zero-order valence-electron chi connectivity index (χ0n) is 17.4. The highest BCUT2D eigenvalue weighted by molar-refractivity contribution is 5.96. The molecular weight excluding hydrogens is 370 g/mol. The summed E-state index contributed by atoms with van der Waals surface area (Å²) < 4.78 is 10.9. The predicted molar refractivity (Wildman–Crippen MR) is 112 cm³/mol. The summed E-state index contributed by atoms with van der Waals surface area (Å²) in [6.45, 7) is 5.10. The maximum absolute atomic E-state index is 12.4. The standard InChI is InChI=1S/C22H29N3O4/c1-5-29-19-12-11-18(13-20(19)28-4)15-25(3)16(2)21(26)24-22(27)23-14-17-9-7-6-8-10-17/h6-13,16H,5,14-15H2,1-4H3,(H2,23,24,26,27)/t16-/m1/s1. The van der Waals surface area contributed by atoms with Crippen LogP contribution in [0.1, 0.15) is 25.0 Å². The molecule has 0 aliphatic rings. The molecule has 0 aliphatic carbocycles. The van der Waals surface area contributed by atoms with Gasteiger partial charge in [-0.1, -0.05) is 36.4 Å². The van der Waals surface area contributed by atoms with Gasteiger partial charge < -0.3 is 14.8 Å². The predicted octanol–water partition coefficient (Wildman–Crippen LogP) is 2.94. The van der Waals surface area contributed by atoms with Crippen LogP contribution in [-0.2, 0) is 17.9 Å². The number of nitrogens with zero attached hydrogens (tertiary/aromatic N) is 1. The van der Waals surface area contributed by atoms with E-state index < -0.39 is 12.1 Å². The van der Waals surface area contributed by atoms with Crippen LogP contribution >= 0.6 is 0 Å². The zero-order valence-corrected chi connectivity index (χ0v) is 17.4. The molecule has 2 aromatic carbocycles. The van der Waals surface area contributed by atoms with Gasteiger partial charge in [-0.3, -0.25) is 15.0 Å². The number of ether oxygens (including phenoxy) is 2. The number of hydrogen-bond donors (Lipinski definition) is 2. The Morgan fingerprint density at radius 1 is 1.07 bits per heavy atom. The van der Waals surface area contributed by atoms with Crippen molar-refractivity contribution in [1.82, 2.24) is 15.5 Å². The molecule has 0 bridgehead atoms. The molecule has 156 valence electrons. The van der Waals surface area contributed by atoms with Crippen molar-refractivity contribution >= 4 is 11.9 Å². The molecule has 0 unspecified atom stereocenters. The lowest BCUT2D eigenvalue weighted by Crippen LogP contribution is -2.48. The van der Waals surface area contributed by atoms with E-state index >= 15 is 0 Å². The van der Waals surface area contributed by atoms with E-state index in [9.17, 15) is 9.59 Å². The van der Waals surface area contributed by atoms with Gasteiger partial charge in [-0.05, 0) is 44.2 Å². The third kappa shape index (κ3) is 6.80. The first-order chi connectivity index (χ1) is 13.9. The minimum atomic E-state index is -0.512. The summed E-state index contributed by atoms with van der Waals surface area (Å²) >= 11 is 0. The number of likely N-dealkylation sites (N-methyl/N-ethyl adjacent to an activating group) is 1. The van der Waals surface area contributed by atoms with Crippen molar-refractivity contribution in [2.45, 2.75) is 33.0 Å². The normalized spacial score (nSPS) is 11.6. The smallest absolute Gasteiger partial charge is 0.321 e. The summed E-state index contributed by atoms with van der Waals surface area (Å²) in [5.74, 6) is 0.966. The van der Waals surface area contributed by atoms with E-state index in [1.165, 1.54) is 0 Å². The number of nitrogens with one attached hydrogen (secondary N) is 2. The first-order valence-electron chi connectivity index (χ1n) is 9.57.